The lowest BCUT2D eigenvalue weighted by molar-refractivity contribution is 0.0576. The van der Waals surface area contributed by atoms with Gasteiger partial charge in [-0.3, -0.25) is 9.69 Å². The molecule has 1 fully saturated rings. The van der Waals surface area contributed by atoms with Crippen LogP contribution < -0.4 is 0 Å². The smallest absolute Gasteiger partial charge is 0.255 e. The summed E-state index contributed by atoms with van der Waals surface area (Å²) in [6, 6.07) is 11.3. The van der Waals surface area contributed by atoms with Crippen molar-refractivity contribution in [2.45, 2.75) is 25.8 Å². The van der Waals surface area contributed by atoms with Crippen LogP contribution >= 0.6 is 0 Å². The van der Waals surface area contributed by atoms with Crippen molar-refractivity contribution in [3.63, 3.8) is 0 Å². The van der Waals surface area contributed by atoms with Crippen LogP contribution in [0.5, 0.6) is 0 Å². The van der Waals surface area contributed by atoms with Crippen LogP contribution in [0, 0.1) is 6.92 Å². The molecule has 1 aromatic carbocycles. The Morgan fingerprint density at radius 1 is 1.11 bits per heavy atom. The quantitative estimate of drug-likeness (QED) is 0.765. The average molecular weight is 360 g/mol. The number of amides is 1. The monoisotopic (exact) mass is 360 g/mol. The van der Waals surface area contributed by atoms with Gasteiger partial charge in [-0.05, 0) is 42.5 Å². The summed E-state index contributed by atoms with van der Waals surface area (Å²) in [4.78, 5) is 25.0. The number of aromatic amines is 1. The highest BCUT2D eigenvalue weighted by Gasteiger charge is 2.30. The Bertz CT molecular complexity index is 975. The van der Waals surface area contributed by atoms with E-state index in [0.29, 0.717) is 11.6 Å². The van der Waals surface area contributed by atoms with Crippen molar-refractivity contribution in [1.82, 2.24) is 19.8 Å². The molecule has 5 nitrogen and oxygen atoms in total. The SMILES string of the molecule is Cc1c[nH]c2ncc(C(=O)N3CCN(C4Cc5ccccc5C4)CC3)cc12. The second kappa shape index (κ2) is 6.50. The van der Waals surface area contributed by atoms with Gasteiger partial charge in [0.15, 0.2) is 0 Å². The number of aryl methyl sites for hydroxylation is 1. The number of hydrogen-bond acceptors (Lipinski definition) is 3. The van der Waals surface area contributed by atoms with Crippen LogP contribution in [0.15, 0.2) is 42.7 Å². The van der Waals surface area contributed by atoms with Crippen molar-refractivity contribution in [2.75, 3.05) is 26.2 Å². The third-order valence-electron chi connectivity index (χ3n) is 6.13. The predicted octanol–water partition coefficient (Wildman–Crippen LogP) is 2.80. The van der Waals surface area contributed by atoms with Crippen molar-refractivity contribution >= 4 is 16.9 Å². The minimum absolute atomic E-state index is 0.0966. The van der Waals surface area contributed by atoms with E-state index in [1.807, 2.05) is 24.1 Å². The minimum Gasteiger partial charge on any atom is -0.346 e. The van der Waals surface area contributed by atoms with Crippen molar-refractivity contribution in [3.8, 4) is 0 Å². The predicted molar refractivity (Wildman–Crippen MR) is 106 cm³/mol. The highest BCUT2D eigenvalue weighted by Crippen LogP contribution is 2.26. The molecule has 2 aromatic heterocycles. The molecule has 0 bridgehead atoms. The zero-order valence-corrected chi connectivity index (χ0v) is 15.6. The number of carbonyl (C=O) groups is 1. The molecule has 3 aromatic rings. The molecule has 2 aliphatic rings. The molecule has 138 valence electrons. The molecule has 1 N–H and O–H groups in total. The molecule has 1 saturated heterocycles. The van der Waals surface area contributed by atoms with Gasteiger partial charge in [0.2, 0.25) is 0 Å². The van der Waals surface area contributed by atoms with Gasteiger partial charge in [0, 0.05) is 50.0 Å². The fraction of sp³-hybridized carbons (Fsp3) is 0.364. The van der Waals surface area contributed by atoms with E-state index in [1.54, 1.807) is 6.20 Å². The summed E-state index contributed by atoms with van der Waals surface area (Å²) in [6.45, 7) is 5.51. The first-order valence-corrected chi connectivity index (χ1v) is 9.73. The van der Waals surface area contributed by atoms with Crippen molar-refractivity contribution in [2.24, 2.45) is 0 Å². The first-order valence-electron chi connectivity index (χ1n) is 9.73. The van der Waals surface area contributed by atoms with Crippen molar-refractivity contribution in [1.29, 1.82) is 0 Å². The Morgan fingerprint density at radius 2 is 1.81 bits per heavy atom. The van der Waals surface area contributed by atoms with Gasteiger partial charge in [0.1, 0.15) is 5.65 Å². The summed E-state index contributed by atoms with van der Waals surface area (Å²) in [5.74, 6) is 0.0966. The van der Waals surface area contributed by atoms with E-state index >= 15 is 0 Å². The molecule has 3 heterocycles. The molecule has 1 aliphatic carbocycles. The maximum Gasteiger partial charge on any atom is 0.255 e. The second-order valence-electron chi connectivity index (χ2n) is 7.75. The first-order chi connectivity index (χ1) is 13.2. The molecule has 1 amide bonds. The van der Waals surface area contributed by atoms with E-state index < -0.39 is 0 Å². The normalized spacial score (nSPS) is 18.2. The molecule has 0 radical (unpaired) electrons. The number of nitrogens with zero attached hydrogens (tertiary/aromatic N) is 3. The van der Waals surface area contributed by atoms with E-state index in [-0.39, 0.29) is 5.91 Å². The molecule has 0 atom stereocenters. The van der Waals surface area contributed by atoms with Gasteiger partial charge in [-0.25, -0.2) is 4.98 Å². The van der Waals surface area contributed by atoms with E-state index in [0.717, 1.165) is 55.6 Å². The number of pyridine rings is 1. The van der Waals surface area contributed by atoms with Crippen LogP contribution in [0.1, 0.15) is 27.0 Å². The summed E-state index contributed by atoms with van der Waals surface area (Å²) in [5, 5.41) is 1.03. The van der Waals surface area contributed by atoms with Crippen LogP contribution in [-0.2, 0) is 12.8 Å². The number of aromatic nitrogens is 2. The Labute approximate surface area is 159 Å². The summed E-state index contributed by atoms with van der Waals surface area (Å²) in [6.07, 6.45) is 5.90. The molecule has 1 aliphatic heterocycles. The van der Waals surface area contributed by atoms with E-state index in [4.69, 9.17) is 0 Å². The number of nitrogens with one attached hydrogen (secondary N) is 1. The summed E-state index contributed by atoms with van der Waals surface area (Å²) in [7, 11) is 0. The molecule has 5 rings (SSSR count). The summed E-state index contributed by atoms with van der Waals surface area (Å²) < 4.78 is 0. The van der Waals surface area contributed by atoms with Crippen LogP contribution in [0.3, 0.4) is 0 Å². The van der Waals surface area contributed by atoms with Crippen LogP contribution in [-0.4, -0.2) is 57.9 Å². The molecular weight excluding hydrogens is 336 g/mol. The lowest BCUT2D eigenvalue weighted by atomic mass is 10.1. The van der Waals surface area contributed by atoms with Gasteiger partial charge in [0.05, 0.1) is 5.56 Å². The standard InChI is InChI=1S/C22H24N4O/c1-15-13-23-21-20(15)12-18(14-24-21)22(27)26-8-6-25(7-9-26)19-10-16-4-2-3-5-17(16)11-19/h2-5,12-14,19H,6-11H2,1H3,(H,23,24). The molecule has 27 heavy (non-hydrogen) atoms. The van der Waals surface area contributed by atoms with Gasteiger partial charge in [-0.2, -0.15) is 0 Å². The first kappa shape index (κ1) is 16.5. The average Bonchev–Trinajstić information content (AvgIpc) is 3.31. The Balaban J connectivity index is 1.25. The van der Waals surface area contributed by atoms with E-state index in [2.05, 4.69) is 39.1 Å². The van der Waals surface area contributed by atoms with Gasteiger partial charge in [0.25, 0.3) is 5.91 Å². The number of benzene rings is 1. The Hall–Kier alpha value is -2.66. The molecule has 0 spiro atoms. The Kier molecular flexibility index (Phi) is 3.97. The number of fused-ring (bicyclic) bond motifs is 2. The highest BCUT2D eigenvalue weighted by atomic mass is 16.2. The van der Waals surface area contributed by atoms with Gasteiger partial charge in [-0.1, -0.05) is 24.3 Å². The van der Waals surface area contributed by atoms with Crippen LogP contribution in [0.2, 0.25) is 0 Å². The van der Waals surface area contributed by atoms with Gasteiger partial charge >= 0.3 is 0 Å². The van der Waals surface area contributed by atoms with E-state index in [9.17, 15) is 4.79 Å². The lowest BCUT2D eigenvalue weighted by Crippen LogP contribution is -2.52. The fourth-order valence-corrected chi connectivity index (χ4v) is 4.52. The maximum atomic E-state index is 12.9. The number of hydrogen-bond donors (Lipinski definition) is 1. The summed E-state index contributed by atoms with van der Waals surface area (Å²) in [5.41, 5.74) is 5.63. The van der Waals surface area contributed by atoms with Crippen molar-refractivity contribution < 1.29 is 4.79 Å². The van der Waals surface area contributed by atoms with Gasteiger partial charge in [-0.15, -0.1) is 0 Å². The molecule has 0 unspecified atom stereocenters. The number of rotatable bonds is 2. The minimum atomic E-state index is 0.0966. The van der Waals surface area contributed by atoms with E-state index in [1.165, 1.54) is 11.1 Å². The van der Waals surface area contributed by atoms with Gasteiger partial charge < -0.3 is 9.88 Å². The molecule has 5 heteroatoms. The zero-order chi connectivity index (χ0) is 18.4. The summed E-state index contributed by atoms with van der Waals surface area (Å²) >= 11 is 0. The number of piperazine rings is 1. The molecular formula is C22H24N4O. The van der Waals surface area contributed by atoms with Crippen LogP contribution in [0.4, 0.5) is 0 Å². The number of H-pyrrole nitrogens is 1. The topological polar surface area (TPSA) is 52.2 Å². The largest absolute Gasteiger partial charge is 0.346 e. The highest BCUT2D eigenvalue weighted by molar-refractivity contribution is 5.97. The lowest BCUT2D eigenvalue weighted by Gasteiger charge is -2.38. The fourth-order valence-electron chi connectivity index (χ4n) is 4.52. The maximum absolute atomic E-state index is 12.9. The van der Waals surface area contributed by atoms with Crippen molar-refractivity contribution in [3.05, 3.63) is 65.0 Å². The number of carbonyl (C=O) groups excluding carboxylic acids is 1. The third-order valence-corrected chi connectivity index (χ3v) is 6.13. The second-order valence-corrected chi connectivity index (χ2v) is 7.75. The molecule has 0 saturated carbocycles. The third kappa shape index (κ3) is 2.92. The zero-order valence-electron chi connectivity index (χ0n) is 15.6. The van der Waals surface area contributed by atoms with Crippen LogP contribution in [0.25, 0.3) is 11.0 Å². The Morgan fingerprint density at radius 3 is 2.52 bits per heavy atom.